The van der Waals surface area contributed by atoms with E-state index in [0.29, 0.717) is 16.9 Å². The lowest BCUT2D eigenvalue weighted by Crippen LogP contribution is -2.63. The van der Waals surface area contributed by atoms with E-state index in [-0.39, 0.29) is 36.1 Å². The monoisotopic (exact) mass is 600 g/mol. The Balaban J connectivity index is 1.40. The van der Waals surface area contributed by atoms with E-state index in [1.807, 2.05) is 30.3 Å². The summed E-state index contributed by atoms with van der Waals surface area (Å²) >= 11 is 0. The fourth-order valence-electron chi connectivity index (χ4n) is 7.08. The molecule has 12 nitrogen and oxygen atoms in total. The van der Waals surface area contributed by atoms with E-state index in [9.17, 15) is 39.6 Å². The van der Waals surface area contributed by atoms with Crippen molar-refractivity contribution >= 4 is 51.3 Å². The van der Waals surface area contributed by atoms with Gasteiger partial charge in [0.15, 0.2) is 22.9 Å². The van der Waals surface area contributed by atoms with Gasteiger partial charge in [-0.1, -0.05) is 36.4 Å². The van der Waals surface area contributed by atoms with Crippen molar-refractivity contribution in [1.29, 1.82) is 0 Å². The summed E-state index contributed by atoms with van der Waals surface area (Å²) in [6.45, 7) is 0. The van der Waals surface area contributed by atoms with Gasteiger partial charge in [-0.25, -0.2) is 4.79 Å². The van der Waals surface area contributed by atoms with Gasteiger partial charge in [-0.3, -0.25) is 14.4 Å². The van der Waals surface area contributed by atoms with Gasteiger partial charge < -0.3 is 41.7 Å². The zero-order valence-electron chi connectivity index (χ0n) is 24.0. The summed E-state index contributed by atoms with van der Waals surface area (Å²) in [6, 6.07) is 13.8. The maximum atomic E-state index is 14.0. The Bertz CT molecular complexity index is 1790. The summed E-state index contributed by atoms with van der Waals surface area (Å²) in [6.07, 6.45) is -1.43. The first kappa shape index (κ1) is 29.1. The molecule has 0 spiro atoms. The predicted molar refractivity (Wildman–Crippen MR) is 162 cm³/mol. The fraction of sp³-hybridized carbons (Fsp3) is 0.312. The molecule has 5 atom stereocenters. The first-order chi connectivity index (χ1) is 20.8. The molecular formula is C32H32N4O8. The highest BCUT2D eigenvalue weighted by atomic mass is 16.3. The second-order valence-corrected chi connectivity index (χ2v) is 11.9. The molecule has 3 amide bonds. The van der Waals surface area contributed by atoms with E-state index in [1.165, 1.54) is 0 Å². The van der Waals surface area contributed by atoms with Gasteiger partial charge >= 0.3 is 6.03 Å². The summed E-state index contributed by atoms with van der Waals surface area (Å²) in [5.74, 6) is -7.99. The van der Waals surface area contributed by atoms with Crippen molar-refractivity contribution in [3.8, 4) is 5.75 Å². The molecule has 0 aromatic heterocycles. The number of carbonyl (C=O) groups is 4. The maximum absolute atomic E-state index is 14.0. The second-order valence-electron chi connectivity index (χ2n) is 11.9. The quantitative estimate of drug-likeness (QED) is 0.174. The number of primary amides is 1. The number of hydrogen-bond donors (Lipinski definition) is 7. The fourth-order valence-corrected chi connectivity index (χ4v) is 7.08. The van der Waals surface area contributed by atoms with Gasteiger partial charge in [0.1, 0.15) is 11.7 Å². The van der Waals surface area contributed by atoms with Crippen LogP contribution in [0, 0.1) is 17.8 Å². The minimum absolute atomic E-state index is 0.0520. The summed E-state index contributed by atoms with van der Waals surface area (Å²) in [5.41, 5.74) is 3.71. The molecule has 1 fully saturated rings. The summed E-state index contributed by atoms with van der Waals surface area (Å²) in [5, 5.41) is 51.8. The van der Waals surface area contributed by atoms with Crippen molar-refractivity contribution in [3.63, 3.8) is 0 Å². The number of rotatable bonds is 4. The molecule has 3 aliphatic carbocycles. The number of Topliss-reactive ketones (excluding diaryl/α,β-unsaturated/α-hetero) is 2. The van der Waals surface area contributed by atoms with Crippen LogP contribution < -0.4 is 21.3 Å². The predicted octanol–water partition coefficient (Wildman–Crippen LogP) is 2.61. The number of amides is 3. The Labute approximate surface area is 251 Å². The van der Waals surface area contributed by atoms with Crippen LogP contribution in [0.25, 0.3) is 10.8 Å². The van der Waals surface area contributed by atoms with Crippen LogP contribution in [-0.2, 0) is 16.0 Å². The number of phenolic OH excluding ortho intramolecular Hbond substituents is 1. The Morgan fingerprint density at radius 1 is 1.00 bits per heavy atom. The minimum Gasteiger partial charge on any atom is -0.508 e. The number of urea groups is 1. The number of hydrogen-bond acceptors (Lipinski definition) is 9. The molecule has 1 saturated carbocycles. The molecule has 228 valence electrons. The first-order valence-corrected chi connectivity index (χ1v) is 14.2. The average Bonchev–Trinajstić information content (AvgIpc) is 2.96. The Kier molecular flexibility index (Phi) is 6.86. The molecule has 3 aliphatic rings. The molecule has 6 rings (SSSR count). The number of aromatic hydroxyl groups is 1. The molecular weight excluding hydrogens is 568 g/mol. The number of phenols is 1. The zero-order chi connectivity index (χ0) is 31.7. The normalized spacial score (nSPS) is 26.0. The van der Waals surface area contributed by atoms with Crippen LogP contribution in [0.5, 0.6) is 5.75 Å². The number of anilines is 3. The van der Waals surface area contributed by atoms with E-state index in [2.05, 4.69) is 10.6 Å². The Hall–Kier alpha value is -4.94. The zero-order valence-corrected chi connectivity index (χ0v) is 24.0. The molecule has 3 aromatic rings. The number of allylic oxidation sites excluding steroid dienone is 1. The number of aliphatic hydroxyl groups excluding tert-OH is 2. The lowest BCUT2D eigenvalue weighted by atomic mass is 9.58. The summed E-state index contributed by atoms with van der Waals surface area (Å²) < 4.78 is 0. The number of aliphatic hydroxyl groups is 3. The van der Waals surface area contributed by atoms with Crippen molar-refractivity contribution in [2.45, 2.75) is 31.0 Å². The number of benzene rings is 3. The molecule has 8 N–H and O–H groups in total. The number of fused-ring (bicyclic) bond motifs is 4. The molecule has 2 unspecified atom stereocenters. The molecule has 0 aliphatic heterocycles. The number of nitrogens with two attached hydrogens (primary N) is 1. The third-order valence-corrected chi connectivity index (χ3v) is 9.13. The van der Waals surface area contributed by atoms with Gasteiger partial charge in [-0.05, 0) is 48.3 Å². The molecule has 3 aromatic carbocycles. The average molecular weight is 601 g/mol. The van der Waals surface area contributed by atoms with Gasteiger partial charge in [0.2, 0.25) is 5.91 Å². The molecule has 0 radical (unpaired) electrons. The third-order valence-electron chi connectivity index (χ3n) is 9.13. The largest absolute Gasteiger partial charge is 0.508 e. The highest BCUT2D eigenvalue weighted by Gasteiger charge is 2.62. The smallest absolute Gasteiger partial charge is 0.323 e. The van der Waals surface area contributed by atoms with E-state index in [1.54, 1.807) is 37.2 Å². The number of nitrogens with one attached hydrogen (secondary N) is 2. The van der Waals surface area contributed by atoms with Gasteiger partial charge in [-0.2, -0.15) is 0 Å². The van der Waals surface area contributed by atoms with Crippen molar-refractivity contribution < 1.29 is 39.6 Å². The van der Waals surface area contributed by atoms with Crippen LogP contribution in [-0.4, -0.2) is 69.7 Å². The van der Waals surface area contributed by atoms with Gasteiger partial charge in [0, 0.05) is 36.7 Å². The van der Waals surface area contributed by atoms with Crippen molar-refractivity contribution in [1.82, 2.24) is 0 Å². The molecule has 12 heteroatoms. The van der Waals surface area contributed by atoms with Crippen molar-refractivity contribution in [2.24, 2.45) is 23.5 Å². The van der Waals surface area contributed by atoms with Crippen LogP contribution in [0.3, 0.4) is 0 Å². The van der Waals surface area contributed by atoms with E-state index in [0.717, 1.165) is 10.8 Å². The standard InChI is InChI=1S/C32H32N4O8/c1-36(2)21-13-20(35-31(43)34-19-9-5-7-14-6-3-4-8-17(14)19)26(38)24-18(21)11-15-10-16-12-22(37)25(30(33)42)29(41)32(16,44)28(40)23(15)27(24)39/h3-9,13,15-16,22,25,37-38,40,44H,10-12H2,1-2H3,(H2,33,42)(H2,34,35,43)/t15-,16+,22?,25?,32+/m1/s1. The lowest BCUT2D eigenvalue weighted by Gasteiger charge is -2.48. The van der Waals surface area contributed by atoms with E-state index < -0.39 is 64.5 Å². The van der Waals surface area contributed by atoms with Crippen LogP contribution in [0.4, 0.5) is 21.9 Å². The molecule has 44 heavy (non-hydrogen) atoms. The Morgan fingerprint density at radius 2 is 1.68 bits per heavy atom. The lowest BCUT2D eigenvalue weighted by molar-refractivity contribution is -0.167. The topological polar surface area (TPSA) is 203 Å². The molecule has 0 bridgehead atoms. The Morgan fingerprint density at radius 3 is 2.39 bits per heavy atom. The molecule has 0 heterocycles. The number of nitrogens with zero attached hydrogens (tertiary/aromatic N) is 1. The summed E-state index contributed by atoms with van der Waals surface area (Å²) in [7, 11) is 3.47. The van der Waals surface area contributed by atoms with Crippen LogP contribution in [0.2, 0.25) is 0 Å². The SMILES string of the molecule is CN(C)c1cc(NC(=O)Nc2cccc3ccccc23)c(O)c2c1C[C@H]1C[C@H]3CC(O)C(C(N)=O)C(=O)[C@@]3(O)C(O)=C1C2=O. The van der Waals surface area contributed by atoms with Gasteiger partial charge in [0.05, 0.1) is 23.0 Å². The number of ketones is 2. The second kappa shape index (κ2) is 10.4. The molecule has 0 saturated heterocycles. The maximum Gasteiger partial charge on any atom is 0.323 e. The van der Waals surface area contributed by atoms with Gasteiger partial charge in [-0.15, -0.1) is 0 Å². The van der Waals surface area contributed by atoms with E-state index in [4.69, 9.17) is 5.73 Å². The highest BCUT2D eigenvalue weighted by molar-refractivity contribution is 6.18. The third kappa shape index (κ3) is 4.28. The van der Waals surface area contributed by atoms with Crippen LogP contribution in [0.1, 0.15) is 28.8 Å². The van der Waals surface area contributed by atoms with E-state index >= 15 is 0 Å². The van der Waals surface area contributed by atoms with Crippen molar-refractivity contribution in [2.75, 3.05) is 29.6 Å². The minimum atomic E-state index is -2.61. The first-order valence-electron chi connectivity index (χ1n) is 14.2. The summed E-state index contributed by atoms with van der Waals surface area (Å²) in [4.78, 5) is 54.1. The van der Waals surface area contributed by atoms with Crippen LogP contribution in [0.15, 0.2) is 59.9 Å². The van der Waals surface area contributed by atoms with Crippen molar-refractivity contribution in [3.05, 3.63) is 71.0 Å². The highest BCUT2D eigenvalue weighted by Crippen LogP contribution is 2.53. The van der Waals surface area contributed by atoms with Crippen LogP contribution >= 0.6 is 0 Å². The van der Waals surface area contributed by atoms with Gasteiger partial charge in [0.25, 0.3) is 0 Å². The number of carbonyl (C=O) groups excluding carboxylic acids is 4.